The predicted octanol–water partition coefficient (Wildman–Crippen LogP) is 6.67. The third-order valence-corrected chi connectivity index (χ3v) is 5.69. The minimum absolute atomic E-state index is 0.00468. The lowest BCUT2D eigenvalue weighted by Gasteiger charge is -2.15. The molecular formula is C24H13BrF6N2O2. The van der Waals surface area contributed by atoms with E-state index in [4.69, 9.17) is 4.74 Å². The van der Waals surface area contributed by atoms with Crippen molar-refractivity contribution in [3.8, 4) is 5.75 Å². The summed E-state index contributed by atoms with van der Waals surface area (Å²) >= 11 is 3.32. The summed E-state index contributed by atoms with van der Waals surface area (Å²) in [5.74, 6) is -12.2. The van der Waals surface area contributed by atoms with Crippen LogP contribution in [-0.2, 0) is 11.4 Å². The number of carbonyl (C=O) groups is 1. The summed E-state index contributed by atoms with van der Waals surface area (Å²) in [5.41, 5.74) is -0.808. The van der Waals surface area contributed by atoms with Crippen molar-refractivity contribution in [2.24, 2.45) is 5.10 Å². The van der Waals surface area contributed by atoms with Gasteiger partial charge in [-0.1, -0.05) is 24.3 Å². The number of anilines is 1. The Labute approximate surface area is 203 Å². The minimum atomic E-state index is -2.34. The number of hydrogen-bond donors (Lipinski definition) is 0. The van der Waals surface area contributed by atoms with Crippen LogP contribution in [0, 0.1) is 34.9 Å². The summed E-state index contributed by atoms with van der Waals surface area (Å²) < 4.78 is 88.8. The van der Waals surface area contributed by atoms with Gasteiger partial charge in [-0.15, -0.1) is 0 Å². The average molecular weight is 555 g/mol. The van der Waals surface area contributed by atoms with Gasteiger partial charge in [0.2, 0.25) is 5.82 Å². The second kappa shape index (κ2) is 9.57. The summed E-state index contributed by atoms with van der Waals surface area (Å²) in [4.78, 5) is 12.8. The zero-order valence-electron chi connectivity index (χ0n) is 17.7. The number of rotatable bonds is 5. The van der Waals surface area contributed by atoms with E-state index in [1.165, 1.54) is 19.1 Å². The molecule has 0 saturated heterocycles. The van der Waals surface area contributed by atoms with Gasteiger partial charge in [0.1, 0.15) is 23.9 Å². The number of halogens is 7. The van der Waals surface area contributed by atoms with Crippen LogP contribution in [0.4, 0.5) is 32.0 Å². The van der Waals surface area contributed by atoms with Gasteiger partial charge in [-0.3, -0.25) is 4.79 Å². The molecule has 1 heterocycles. The van der Waals surface area contributed by atoms with Crippen LogP contribution in [0.15, 0.2) is 57.6 Å². The Hall–Kier alpha value is -3.60. The molecule has 11 heteroatoms. The molecular weight excluding hydrogens is 542 g/mol. The van der Waals surface area contributed by atoms with Crippen LogP contribution in [0.3, 0.4) is 0 Å². The second-order valence-electron chi connectivity index (χ2n) is 7.35. The lowest BCUT2D eigenvalue weighted by Crippen LogP contribution is -2.25. The standard InChI is InChI=1S/C24H13BrF6N2O2/c1-11-14(24(34)33(32-11)23-21(30)19(28)18(27)20(29)22(23)31)8-12-6-7-17(15(25)9-12)35-10-13-4-2-3-5-16(13)26/h2-9H,10H2,1H3/b14-8+. The Kier molecular flexibility index (Phi) is 6.70. The zero-order valence-corrected chi connectivity index (χ0v) is 19.3. The van der Waals surface area contributed by atoms with Crippen molar-refractivity contribution in [3.63, 3.8) is 0 Å². The molecule has 1 aliphatic rings. The maximum atomic E-state index is 14.2. The molecule has 0 aromatic heterocycles. The Bertz CT molecular complexity index is 1390. The lowest BCUT2D eigenvalue weighted by molar-refractivity contribution is -0.114. The van der Waals surface area contributed by atoms with E-state index in [-0.39, 0.29) is 22.9 Å². The summed E-state index contributed by atoms with van der Waals surface area (Å²) in [5, 5.41) is 3.82. The highest BCUT2D eigenvalue weighted by Gasteiger charge is 2.37. The van der Waals surface area contributed by atoms with Crippen LogP contribution in [-0.4, -0.2) is 11.6 Å². The molecule has 0 radical (unpaired) electrons. The molecule has 0 aliphatic carbocycles. The molecule has 0 atom stereocenters. The highest BCUT2D eigenvalue weighted by atomic mass is 79.9. The maximum absolute atomic E-state index is 14.2. The van der Waals surface area contributed by atoms with Gasteiger partial charge in [0.15, 0.2) is 23.3 Å². The second-order valence-corrected chi connectivity index (χ2v) is 8.20. The Morgan fingerprint density at radius 1 is 0.943 bits per heavy atom. The van der Waals surface area contributed by atoms with Gasteiger partial charge < -0.3 is 4.74 Å². The molecule has 0 N–H and O–H groups in total. The highest BCUT2D eigenvalue weighted by molar-refractivity contribution is 9.10. The summed E-state index contributed by atoms with van der Waals surface area (Å²) in [6, 6.07) is 10.8. The Morgan fingerprint density at radius 2 is 1.57 bits per heavy atom. The van der Waals surface area contributed by atoms with Crippen LogP contribution in [0.5, 0.6) is 5.75 Å². The van der Waals surface area contributed by atoms with E-state index in [0.29, 0.717) is 21.3 Å². The highest BCUT2D eigenvalue weighted by Crippen LogP contribution is 2.34. The van der Waals surface area contributed by atoms with Gasteiger partial charge in [-0.2, -0.15) is 10.1 Å². The third-order valence-electron chi connectivity index (χ3n) is 5.07. The molecule has 4 nitrogen and oxygen atoms in total. The predicted molar refractivity (Wildman–Crippen MR) is 120 cm³/mol. The molecule has 180 valence electrons. The first-order valence-corrected chi connectivity index (χ1v) is 10.7. The van der Waals surface area contributed by atoms with Gasteiger partial charge in [0, 0.05) is 5.56 Å². The average Bonchev–Trinajstić information content (AvgIpc) is 3.10. The van der Waals surface area contributed by atoms with Gasteiger partial charge >= 0.3 is 0 Å². The SMILES string of the molecule is CC1=NN(c2c(F)c(F)c(F)c(F)c2F)C(=O)/C1=C/c1ccc(OCc2ccccc2F)c(Br)c1. The maximum Gasteiger partial charge on any atom is 0.280 e. The van der Waals surface area contributed by atoms with Gasteiger partial charge in [0.05, 0.1) is 15.8 Å². The van der Waals surface area contributed by atoms with E-state index in [1.807, 2.05) is 0 Å². The molecule has 3 aromatic rings. The zero-order chi connectivity index (χ0) is 25.4. The van der Waals surface area contributed by atoms with Crippen molar-refractivity contribution in [1.29, 1.82) is 0 Å². The van der Waals surface area contributed by atoms with Crippen molar-refractivity contribution >= 4 is 39.3 Å². The number of benzene rings is 3. The van der Waals surface area contributed by atoms with Crippen LogP contribution in [0.25, 0.3) is 6.08 Å². The molecule has 0 unspecified atom stereocenters. The number of carbonyl (C=O) groups excluding carboxylic acids is 1. The third kappa shape index (κ3) is 4.55. The number of hydrazone groups is 1. The number of hydrogen-bond acceptors (Lipinski definition) is 3. The molecule has 1 aliphatic heterocycles. The summed E-state index contributed by atoms with van der Waals surface area (Å²) in [7, 11) is 0. The van der Waals surface area contributed by atoms with Crippen LogP contribution < -0.4 is 9.75 Å². The molecule has 1 amide bonds. The van der Waals surface area contributed by atoms with Crippen LogP contribution >= 0.6 is 15.9 Å². The largest absolute Gasteiger partial charge is 0.488 e. The van der Waals surface area contributed by atoms with E-state index >= 15 is 0 Å². The normalized spacial score (nSPS) is 14.6. The fourth-order valence-electron chi connectivity index (χ4n) is 3.28. The first-order chi connectivity index (χ1) is 16.6. The molecule has 0 saturated carbocycles. The first kappa shape index (κ1) is 24.5. The van der Waals surface area contributed by atoms with Crippen molar-refractivity contribution in [2.75, 3.05) is 5.01 Å². The smallest absolute Gasteiger partial charge is 0.280 e. The van der Waals surface area contributed by atoms with Crippen LogP contribution in [0.1, 0.15) is 18.1 Å². The van der Waals surface area contributed by atoms with Gasteiger partial charge in [0.25, 0.3) is 5.91 Å². The topological polar surface area (TPSA) is 41.9 Å². The molecule has 35 heavy (non-hydrogen) atoms. The van der Waals surface area contributed by atoms with Crippen LogP contribution in [0.2, 0.25) is 0 Å². The summed E-state index contributed by atoms with van der Waals surface area (Å²) in [6.07, 6.45) is 1.33. The molecule has 0 bridgehead atoms. The monoisotopic (exact) mass is 554 g/mol. The number of ether oxygens (including phenoxy) is 1. The van der Waals surface area contributed by atoms with E-state index in [2.05, 4.69) is 21.0 Å². The molecule has 3 aromatic carbocycles. The minimum Gasteiger partial charge on any atom is -0.488 e. The van der Waals surface area contributed by atoms with Crippen molar-refractivity contribution in [1.82, 2.24) is 0 Å². The molecule has 0 fully saturated rings. The summed E-state index contributed by atoms with van der Waals surface area (Å²) in [6.45, 7) is 1.31. The number of nitrogens with zero attached hydrogens (tertiary/aromatic N) is 2. The van der Waals surface area contributed by atoms with Crippen molar-refractivity contribution in [2.45, 2.75) is 13.5 Å². The van der Waals surface area contributed by atoms with E-state index in [0.717, 1.165) is 0 Å². The van der Waals surface area contributed by atoms with E-state index in [9.17, 15) is 31.1 Å². The Morgan fingerprint density at radius 3 is 2.20 bits per heavy atom. The van der Waals surface area contributed by atoms with Gasteiger partial charge in [-0.05, 0) is 52.7 Å². The van der Waals surface area contributed by atoms with E-state index in [1.54, 1.807) is 36.4 Å². The quantitative estimate of drug-likeness (QED) is 0.153. The first-order valence-electron chi connectivity index (χ1n) is 9.89. The van der Waals surface area contributed by atoms with Crippen molar-refractivity contribution in [3.05, 3.63) is 98.5 Å². The molecule has 4 rings (SSSR count). The fourth-order valence-corrected chi connectivity index (χ4v) is 3.79. The fraction of sp³-hybridized carbons (Fsp3) is 0.0833. The Balaban J connectivity index is 1.60. The molecule has 0 spiro atoms. The number of amides is 1. The van der Waals surface area contributed by atoms with Gasteiger partial charge in [-0.25, -0.2) is 26.3 Å². The lowest BCUT2D eigenvalue weighted by atomic mass is 10.1. The van der Waals surface area contributed by atoms with Crippen molar-refractivity contribution < 1.29 is 35.9 Å². The van der Waals surface area contributed by atoms with E-state index < -0.39 is 46.5 Å².